The second-order valence-electron chi connectivity index (χ2n) is 3.46. The summed E-state index contributed by atoms with van der Waals surface area (Å²) >= 11 is 0. The Morgan fingerprint density at radius 1 is 1.35 bits per heavy atom. The number of aromatic nitrogens is 3. The maximum absolute atomic E-state index is 5.28. The molecule has 90 valence electrons. The second-order valence-corrected chi connectivity index (χ2v) is 3.46. The molecule has 1 N–H and O–H groups in total. The molecule has 0 radical (unpaired) electrons. The van der Waals surface area contributed by atoms with Crippen molar-refractivity contribution in [2.45, 2.75) is 20.4 Å². The van der Waals surface area contributed by atoms with Gasteiger partial charge in [0.15, 0.2) is 0 Å². The number of aryl methyl sites for hydroxylation is 1. The normalized spacial score (nSPS) is 10.2. The summed E-state index contributed by atoms with van der Waals surface area (Å²) in [7, 11) is 0. The average Bonchev–Trinajstić information content (AvgIpc) is 2.74. The fourth-order valence-electron chi connectivity index (χ4n) is 1.35. The zero-order valence-corrected chi connectivity index (χ0v) is 9.80. The smallest absolute Gasteiger partial charge is 0.218 e. The molecule has 0 saturated heterocycles. The Morgan fingerprint density at radius 3 is 2.94 bits per heavy atom. The topological polar surface area (TPSA) is 73.1 Å². The zero-order chi connectivity index (χ0) is 12.1. The number of nitrogens with zero attached hydrogens (tertiary/aromatic N) is 3. The minimum Gasteiger partial charge on any atom is -0.478 e. The van der Waals surface area contributed by atoms with E-state index < -0.39 is 0 Å². The third-order valence-electron chi connectivity index (χ3n) is 2.06. The standard InChI is InChI=1S/C11H14N4O2/c1-3-16-11-5-10(13-7-14-11)12-6-9-4-8(2)17-15-9/h4-5,7H,3,6H2,1-2H3,(H,12,13,14). The SMILES string of the molecule is CCOc1cc(NCc2cc(C)on2)ncn1. The first-order valence-electron chi connectivity index (χ1n) is 5.39. The van der Waals surface area contributed by atoms with Crippen LogP contribution < -0.4 is 10.1 Å². The Morgan fingerprint density at radius 2 is 2.24 bits per heavy atom. The molecule has 0 spiro atoms. The van der Waals surface area contributed by atoms with Gasteiger partial charge in [-0.15, -0.1) is 0 Å². The van der Waals surface area contributed by atoms with Crippen LogP contribution in [0.2, 0.25) is 0 Å². The molecule has 6 heteroatoms. The van der Waals surface area contributed by atoms with Crippen LogP contribution >= 0.6 is 0 Å². The van der Waals surface area contributed by atoms with Crippen molar-refractivity contribution in [3.05, 3.63) is 29.9 Å². The average molecular weight is 234 g/mol. The van der Waals surface area contributed by atoms with Gasteiger partial charge < -0.3 is 14.6 Å². The molecule has 0 aliphatic rings. The van der Waals surface area contributed by atoms with Gasteiger partial charge >= 0.3 is 0 Å². The molecule has 0 aliphatic heterocycles. The van der Waals surface area contributed by atoms with Gasteiger partial charge in [-0.25, -0.2) is 9.97 Å². The molecule has 2 rings (SSSR count). The van der Waals surface area contributed by atoms with E-state index in [0.717, 1.165) is 11.5 Å². The largest absolute Gasteiger partial charge is 0.478 e. The number of rotatable bonds is 5. The van der Waals surface area contributed by atoms with E-state index in [1.54, 1.807) is 6.07 Å². The summed E-state index contributed by atoms with van der Waals surface area (Å²) in [5.41, 5.74) is 0.832. The molecule has 0 atom stereocenters. The molecular weight excluding hydrogens is 220 g/mol. The van der Waals surface area contributed by atoms with Gasteiger partial charge in [-0.05, 0) is 13.8 Å². The lowest BCUT2D eigenvalue weighted by Crippen LogP contribution is -2.03. The second kappa shape index (κ2) is 5.29. The molecule has 17 heavy (non-hydrogen) atoms. The van der Waals surface area contributed by atoms with Crippen LogP contribution in [0.4, 0.5) is 5.82 Å². The van der Waals surface area contributed by atoms with Crippen LogP contribution in [0.3, 0.4) is 0 Å². The van der Waals surface area contributed by atoms with Gasteiger partial charge in [0, 0.05) is 12.1 Å². The summed E-state index contributed by atoms with van der Waals surface area (Å²) in [5.74, 6) is 2.05. The molecule has 2 aromatic rings. The van der Waals surface area contributed by atoms with E-state index in [1.807, 2.05) is 19.9 Å². The molecule has 0 fully saturated rings. The predicted octanol–water partition coefficient (Wildman–Crippen LogP) is 1.78. The van der Waals surface area contributed by atoms with Gasteiger partial charge in [0.25, 0.3) is 0 Å². The van der Waals surface area contributed by atoms with E-state index >= 15 is 0 Å². The van der Waals surface area contributed by atoms with E-state index in [-0.39, 0.29) is 0 Å². The minimum atomic E-state index is 0.555. The summed E-state index contributed by atoms with van der Waals surface area (Å²) in [6, 6.07) is 3.62. The third-order valence-corrected chi connectivity index (χ3v) is 2.06. The van der Waals surface area contributed by atoms with Crippen LogP contribution in [-0.4, -0.2) is 21.7 Å². The van der Waals surface area contributed by atoms with Crippen molar-refractivity contribution < 1.29 is 9.26 Å². The predicted molar refractivity (Wildman–Crippen MR) is 61.8 cm³/mol. The number of nitrogens with one attached hydrogen (secondary N) is 1. The molecular formula is C11H14N4O2. The number of ether oxygens (including phenoxy) is 1. The molecule has 0 saturated carbocycles. The van der Waals surface area contributed by atoms with Crippen molar-refractivity contribution in [3.63, 3.8) is 0 Å². The van der Waals surface area contributed by atoms with Crippen molar-refractivity contribution >= 4 is 5.82 Å². The monoisotopic (exact) mass is 234 g/mol. The lowest BCUT2D eigenvalue weighted by Gasteiger charge is -2.05. The minimum absolute atomic E-state index is 0.555. The Hall–Kier alpha value is -2.11. The van der Waals surface area contributed by atoms with Gasteiger partial charge in [-0.1, -0.05) is 5.16 Å². The van der Waals surface area contributed by atoms with E-state index in [0.29, 0.717) is 24.8 Å². The van der Waals surface area contributed by atoms with Crippen LogP contribution in [-0.2, 0) is 6.54 Å². The van der Waals surface area contributed by atoms with Crippen molar-refractivity contribution in [1.82, 2.24) is 15.1 Å². The van der Waals surface area contributed by atoms with Gasteiger partial charge in [-0.3, -0.25) is 0 Å². The van der Waals surface area contributed by atoms with Crippen LogP contribution in [0.15, 0.2) is 23.0 Å². The molecule has 6 nitrogen and oxygen atoms in total. The summed E-state index contributed by atoms with van der Waals surface area (Å²) in [5, 5.41) is 7.00. The molecule has 2 heterocycles. The van der Waals surface area contributed by atoms with Crippen LogP contribution in [0.25, 0.3) is 0 Å². The van der Waals surface area contributed by atoms with Gasteiger partial charge in [-0.2, -0.15) is 0 Å². The van der Waals surface area contributed by atoms with Crippen molar-refractivity contribution in [3.8, 4) is 5.88 Å². The first kappa shape index (κ1) is 11.4. The molecule has 0 unspecified atom stereocenters. The lowest BCUT2D eigenvalue weighted by molar-refractivity contribution is 0.326. The molecule has 0 amide bonds. The summed E-state index contributed by atoms with van der Waals surface area (Å²) in [4.78, 5) is 8.06. The summed E-state index contributed by atoms with van der Waals surface area (Å²) < 4.78 is 10.2. The summed E-state index contributed by atoms with van der Waals surface area (Å²) in [6.45, 7) is 4.90. The number of anilines is 1. The highest BCUT2D eigenvalue weighted by Crippen LogP contribution is 2.12. The fraction of sp³-hybridized carbons (Fsp3) is 0.364. The highest BCUT2D eigenvalue weighted by molar-refractivity contribution is 5.37. The van der Waals surface area contributed by atoms with E-state index in [4.69, 9.17) is 9.26 Å². The quantitative estimate of drug-likeness (QED) is 0.850. The Kier molecular flexibility index (Phi) is 3.54. The van der Waals surface area contributed by atoms with Gasteiger partial charge in [0.2, 0.25) is 5.88 Å². The third kappa shape index (κ3) is 3.17. The van der Waals surface area contributed by atoms with E-state index in [9.17, 15) is 0 Å². The Balaban J connectivity index is 1.96. The highest BCUT2D eigenvalue weighted by atomic mass is 16.5. The lowest BCUT2D eigenvalue weighted by atomic mass is 10.4. The maximum atomic E-state index is 5.28. The van der Waals surface area contributed by atoms with Crippen molar-refractivity contribution in [1.29, 1.82) is 0 Å². The van der Waals surface area contributed by atoms with E-state index in [2.05, 4.69) is 20.4 Å². The first-order chi connectivity index (χ1) is 8.28. The van der Waals surface area contributed by atoms with E-state index in [1.165, 1.54) is 6.33 Å². The van der Waals surface area contributed by atoms with Crippen LogP contribution in [0.5, 0.6) is 5.88 Å². The number of hydrogen-bond donors (Lipinski definition) is 1. The maximum Gasteiger partial charge on any atom is 0.218 e. The molecule has 2 aromatic heterocycles. The van der Waals surface area contributed by atoms with Gasteiger partial charge in [0.05, 0.1) is 13.2 Å². The number of hydrogen-bond acceptors (Lipinski definition) is 6. The van der Waals surface area contributed by atoms with Crippen LogP contribution in [0, 0.1) is 6.92 Å². The summed E-state index contributed by atoms with van der Waals surface area (Å²) in [6.07, 6.45) is 1.46. The molecule has 0 aromatic carbocycles. The Bertz CT molecular complexity index is 484. The molecule has 0 aliphatic carbocycles. The highest BCUT2D eigenvalue weighted by Gasteiger charge is 2.02. The van der Waals surface area contributed by atoms with Gasteiger partial charge in [0.1, 0.15) is 23.6 Å². The Labute approximate surface area is 99.0 Å². The fourth-order valence-corrected chi connectivity index (χ4v) is 1.35. The van der Waals surface area contributed by atoms with Crippen molar-refractivity contribution in [2.24, 2.45) is 0 Å². The molecule has 0 bridgehead atoms. The zero-order valence-electron chi connectivity index (χ0n) is 9.80. The van der Waals surface area contributed by atoms with Crippen molar-refractivity contribution in [2.75, 3.05) is 11.9 Å². The first-order valence-corrected chi connectivity index (χ1v) is 5.39. The van der Waals surface area contributed by atoms with Crippen LogP contribution in [0.1, 0.15) is 18.4 Å².